The maximum absolute atomic E-state index is 13.1. The van der Waals surface area contributed by atoms with E-state index in [1.54, 1.807) is 6.07 Å². The van der Waals surface area contributed by atoms with E-state index in [1.165, 1.54) is 44.2 Å². The molecule has 0 aliphatic heterocycles. The minimum Gasteiger partial charge on any atom is -0.390 e. The van der Waals surface area contributed by atoms with E-state index in [0.29, 0.717) is 6.42 Å². The molecule has 0 saturated heterocycles. The molecule has 0 fully saturated rings. The predicted molar refractivity (Wildman–Crippen MR) is 78.7 cm³/mol. The summed E-state index contributed by atoms with van der Waals surface area (Å²) >= 11 is 0. The second kappa shape index (κ2) is 8.31. The van der Waals surface area contributed by atoms with E-state index in [9.17, 15) is 9.50 Å². The van der Waals surface area contributed by atoms with Crippen LogP contribution in [0.5, 0.6) is 0 Å². The lowest BCUT2D eigenvalue weighted by Crippen LogP contribution is -2.27. The van der Waals surface area contributed by atoms with Crippen molar-refractivity contribution < 1.29 is 9.50 Å². The molecule has 0 aromatic heterocycles. The van der Waals surface area contributed by atoms with E-state index < -0.39 is 5.60 Å². The van der Waals surface area contributed by atoms with Crippen molar-refractivity contribution in [1.82, 2.24) is 0 Å². The van der Waals surface area contributed by atoms with Crippen LogP contribution in [0.3, 0.4) is 0 Å². The first kappa shape index (κ1) is 16.2. The molecule has 0 aliphatic carbocycles. The molecule has 1 aromatic carbocycles. The molecular formula is C17H27FO. The molecule has 108 valence electrons. The first-order valence-electron chi connectivity index (χ1n) is 7.50. The van der Waals surface area contributed by atoms with Crippen molar-refractivity contribution >= 4 is 0 Å². The fraction of sp³-hybridized carbons (Fsp3) is 0.647. The fourth-order valence-corrected chi connectivity index (χ4v) is 2.46. The van der Waals surface area contributed by atoms with Gasteiger partial charge in [-0.25, -0.2) is 4.39 Å². The Morgan fingerprint density at radius 1 is 1.11 bits per heavy atom. The zero-order valence-electron chi connectivity index (χ0n) is 12.3. The van der Waals surface area contributed by atoms with Gasteiger partial charge in [-0.05, 0) is 31.0 Å². The van der Waals surface area contributed by atoms with Crippen molar-refractivity contribution in [3.63, 3.8) is 0 Å². The molecule has 1 N–H and O–H groups in total. The van der Waals surface area contributed by atoms with Gasteiger partial charge in [0.25, 0.3) is 0 Å². The fourth-order valence-electron chi connectivity index (χ4n) is 2.46. The largest absolute Gasteiger partial charge is 0.390 e. The Balaban J connectivity index is 2.27. The molecule has 0 bridgehead atoms. The lowest BCUT2D eigenvalue weighted by atomic mass is 9.90. The summed E-state index contributed by atoms with van der Waals surface area (Å²) in [5.74, 6) is -0.229. The predicted octanol–water partition coefficient (Wildman–Crippen LogP) is 4.87. The summed E-state index contributed by atoms with van der Waals surface area (Å²) in [6, 6.07) is 6.52. The summed E-state index contributed by atoms with van der Waals surface area (Å²) in [6.45, 7) is 4.06. The maximum atomic E-state index is 13.1. The molecule has 19 heavy (non-hydrogen) atoms. The number of unbranched alkanes of at least 4 members (excludes halogenated alkanes) is 5. The highest BCUT2D eigenvalue weighted by atomic mass is 19.1. The van der Waals surface area contributed by atoms with Gasteiger partial charge in [0.2, 0.25) is 0 Å². The van der Waals surface area contributed by atoms with Gasteiger partial charge in [0.15, 0.2) is 0 Å². The van der Waals surface area contributed by atoms with Gasteiger partial charge < -0.3 is 5.11 Å². The molecule has 0 saturated carbocycles. The van der Waals surface area contributed by atoms with E-state index >= 15 is 0 Å². The summed E-state index contributed by atoms with van der Waals surface area (Å²) in [7, 11) is 0. The van der Waals surface area contributed by atoms with Crippen molar-refractivity contribution in [2.24, 2.45) is 0 Å². The van der Waals surface area contributed by atoms with Gasteiger partial charge in [0.05, 0.1) is 5.60 Å². The van der Waals surface area contributed by atoms with Crippen LogP contribution in [0.2, 0.25) is 0 Å². The van der Waals surface area contributed by atoms with Crippen molar-refractivity contribution in [3.05, 3.63) is 35.6 Å². The Kier molecular flexibility index (Phi) is 7.07. The SMILES string of the molecule is CCCCCCCCC(C)(O)Cc1cccc(F)c1. The second-order valence-corrected chi connectivity index (χ2v) is 5.82. The summed E-state index contributed by atoms with van der Waals surface area (Å²) in [5.41, 5.74) is 0.148. The molecule has 1 unspecified atom stereocenters. The zero-order valence-corrected chi connectivity index (χ0v) is 12.3. The topological polar surface area (TPSA) is 20.2 Å². The monoisotopic (exact) mass is 266 g/mol. The number of benzene rings is 1. The van der Waals surface area contributed by atoms with E-state index in [0.717, 1.165) is 18.4 Å². The molecule has 1 rings (SSSR count). The van der Waals surface area contributed by atoms with Crippen LogP contribution >= 0.6 is 0 Å². The molecule has 0 heterocycles. The molecule has 0 aliphatic rings. The summed E-state index contributed by atoms with van der Waals surface area (Å²) in [6.07, 6.45) is 8.66. The van der Waals surface area contributed by atoms with Crippen LogP contribution in [-0.2, 0) is 6.42 Å². The van der Waals surface area contributed by atoms with Gasteiger partial charge in [0, 0.05) is 6.42 Å². The van der Waals surface area contributed by atoms with Crippen molar-refractivity contribution in [2.45, 2.75) is 70.8 Å². The quantitative estimate of drug-likeness (QED) is 0.632. The van der Waals surface area contributed by atoms with Crippen LogP contribution in [0.4, 0.5) is 4.39 Å². The van der Waals surface area contributed by atoms with E-state index in [2.05, 4.69) is 6.92 Å². The number of rotatable bonds is 9. The number of hydrogen-bond donors (Lipinski definition) is 1. The smallest absolute Gasteiger partial charge is 0.123 e. The van der Waals surface area contributed by atoms with Crippen molar-refractivity contribution in [3.8, 4) is 0 Å². The van der Waals surface area contributed by atoms with Gasteiger partial charge in [-0.3, -0.25) is 0 Å². The third-order valence-electron chi connectivity index (χ3n) is 3.54. The molecule has 1 nitrogen and oxygen atoms in total. The Morgan fingerprint density at radius 3 is 2.47 bits per heavy atom. The highest BCUT2D eigenvalue weighted by Crippen LogP contribution is 2.21. The minimum atomic E-state index is -0.724. The lowest BCUT2D eigenvalue weighted by Gasteiger charge is -2.23. The summed E-state index contributed by atoms with van der Waals surface area (Å²) < 4.78 is 13.1. The molecule has 0 amide bonds. The van der Waals surface area contributed by atoms with Crippen LogP contribution in [0.25, 0.3) is 0 Å². The van der Waals surface area contributed by atoms with E-state index in [-0.39, 0.29) is 5.82 Å². The number of aliphatic hydroxyl groups is 1. The third-order valence-corrected chi connectivity index (χ3v) is 3.54. The minimum absolute atomic E-state index is 0.229. The molecule has 0 radical (unpaired) electrons. The van der Waals surface area contributed by atoms with Crippen molar-refractivity contribution in [1.29, 1.82) is 0 Å². The van der Waals surface area contributed by atoms with E-state index in [1.807, 2.05) is 13.0 Å². The van der Waals surface area contributed by atoms with Gasteiger partial charge in [-0.1, -0.05) is 57.6 Å². The van der Waals surface area contributed by atoms with Gasteiger partial charge in [-0.2, -0.15) is 0 Å². The third kappa shape index (κ3) is 7.31. The summed E-state index contributed by atoms with van der Waals surface area (Å²) in [5, 5.41) is 10.3. The van der Waals surface area contributed by atoms with Gasteiger partial charge >= 0.3 is 0 Å². The first-order chi connectivity index (χ1) is 9.03. The molecule has 1 aromatic rings. The van der Waals surface area contributed by atoms with Crippen LogP contribution in [0, 0.1) is 5.82 Å². The average molecular weight is 266 g/mol. The standard InChI is InChI=1S/C17H27FO/c1-3-4-5-6-7-8-12-17(2,19)14-15-10-9-11-16(18)13-15/h9-11,13,19H,3-8,12,14H2,1-2H3. The lowest BCUT2D eigenvalue weighted by molar-refractivity contribution is 0.0484. The number of halogens is 1. The van der Waals surface area contributed by atoms with Gasteiger partial charge in [0.1, 0.15) is 5.82 Å². The molecule has 1 atom stereocenters. The number of hydrogen-bond acceptors (Lipinski definition) is 1. The Hall–Kier alpha value is -0.890. The Bertz CT molecular complexity index is 360. The average Bonchev–Trinajstić information content (AvgIpc) is 2.33. The van der Waals surface area contributed by atoms with Crippen LogP contribution in [0.15, 0.2) is 24.3 Å². The zero-order chi connectivity index (χ0) is 14.1. The Morgan fingerprint density at radius 2 is 1.79 bits per heavy atom. The van der Waals surface area contributed by atoms with Crippen LogP contribution < -0.4 is 0 Å². The van der Waals surface area contributed by atoms with Gasteiger partial charge in [-0.15, -0.1) is 0 Å². The normalized spacial score (nSPS) is 14.3. The highest BCUT2D eigenvalue weighted by molar-refractivity contribution is 5.18. The molecule has 0 spiro atoms. The molecule has 2 heteroatoms. The summed E-state index contributed by atoms with van der Waals surface area (Å²) in [4.78, 5) is 0. The Labute approximate surface area is 116 Å². The second-order valence-electron chi connectivity index (χ2n) is 5.82. The highest BCUT2D eigenvalue weighted by Gasteiger charge is 2.20. The molecular weight excluding hydrogens is 239 g/mol. The maximum Gasteiger partial charge on any atom is 0.123 e. The van der Waals surface area contributed by atoms with E-state index in [4.69, 9.17) is 0 Å². The van der Waals surface area contributed by atoms with Crippen molar-refractivity contribution in [2.75, 3.05) is 0 Å². The van der Waals surface area contributed by atoms with Crippen LogP contribution in [-0.4, -0.2) is 10.7 Å². The first-order valence-corrected chi connectivity index (χ1v) is 7.50. The van der Waals surface area contributed by atoms with Crippen LogP contribution in [0.1, 0.15) is 64.4 Å².